The van der Waals surface area contributed by atoms with E-state index in [0.717, 1.165) is 5.92 Å². The van der Waals surface area contributed by atoms with Crippen molar-refractivity contribution >= 4 is 0 Å². The Kier molecular flexibility index (Phi) is 3.95. The van der Waals surface area contributed by atoms with Crippen LogP contribution in [0.25, 0.3) is 0 Å². The van der Waals surface area contributed by atoms with E-state index < -0.39 is 0 Å². The van der Waals surface area contributed by atoms with Gasteiger partial charge in [0, 0.05) is 5.54 Å². The summed E-state index contributed by atoms with van der Waals surface area (Å²) in [5.41, 5.74) is 1.83. The van der Waals surface area contributed by atoms with Gasteiger partial charge in [0.15, 0.2) is 0 Å². The molecule has 0 aromatic rings. The standard InChI is InChI=1S/C19H35N/c1-4-5-6-7-8-9-20-19-12-16-10-17(2,14-19)13-18(3,11-16)15-19/h16,20H,4-15H2,1-3H3. The molecule has 4 fully saturated rings. The van der Waals surface area contributed by atoms with Crippen LogP contribution < -0.4 is 5.32 Å². The van der Waals surface area contributed by atoms with E-state index in [9.17, 15) is 0 Å². The molecule has 0 heterocycles. The molecule has 4 rings (SSSR count). The maximum absolute atomic E-state index is 4.05. The molecule has 116 valence electrons. The zero-order valence-corrected chi connectivity index (χ0v) is 14.1. The first-order chi connectivity index (χ1) is 9.47. The molecule has 4 saturated carbocycles. The molecule has 4 aliphatic carbocycles. The van der Waals surface area contributed by atoms with Crippen molar-refractivity contribution in [3.63, 3.8) is 0 Å². The van der Waals surface area contributed by atoms with Crippen LogP contribution in [0, 0.1) is 16.7 Å². The predicted molar refractivity (Wildman–Crippen MR) is 86.9 cm³/mol. The van der Waals surface area contributed by atoms with Gasteiger partial charge in [-0.3, -0.25) is 0 Å². The number of hydrogen-bond donors (Lipinski definition) is 1. The largest absolute Gasteiger partial charge is 0.311 e. The summed E-state index contributed by atoms with van der Waals surface area (Å²) in [5.74, 6) is 1.02. The van der Waals surface area contributed by atoms with Gasteiger partial charge in [-0.25, -0.2) is 0 Å². The van der Waals surface area contributed by atoms with Crippen LogP contribution in [0.3, 0.4) is 0 Å². The minimum atomic E-state index is 0.522. The van der Waals surface area contributed by atoms with Gasteiger partial charge in [0.05, 0.1) is 0 Å². The van der Waals surface area contributed by atoms with E-state index in [4.69, 9.17) is 0 Å². The minimum Gasteiger partial charge on any atom is -0.311 e. The SMILES string of the molecule is CCCCCCCNC12CC3CC(C)(CC(C)(C3)C1)C2. The quantitative estimate of drug-likeness (QED) is 0.623. The van der Waals surface area contributed by atoms with E-state index in [1.165, 1.54) is 77.2 Å². The van der Waals surface area contributed by atoms with E-state index >= 15 is 0 Å². The van der Waals surface area contributed by atoms with Gasteiger partial charge in [-0.2, -0.15) is 0 Å². The van der Waals surface area contributed by atoms with Crippen molar-refractivity contribution in [2.45, 2.75) is 96.9 Å². The summed E-state index contributed by atoms with van der Waals surface area (Å²) in [5, 5.41) is 4.05. The van der Waals surface area contributed by atoms with Crippen molar-refractivity contribution in [1.82, 2.24) is 5.32 Å². The molecule has 0 amide bonds. The van der Waals surface area contributed by atoms with Crippen molar-refractivity contribution in [3.8, 4) is 0 Å². The molecule has 0 saturated heterocycles. The van der Waals surface area contributed by atoms with Crippen molar-refractivity contribution < 1.29 is 0 Å². The lowest BCUT2D eigenvalue weighted by atomic mass is 9.43. The zero-order valence-electron chi connectivity index (χ0n) is 14.1. The maximum Gasteiger partial charge on any atom is 0.0194 e. The van der Waals surface area contributed by atoms with Crippen molar-refractivity contribution in [2.75, 3.05) is 6.54 Å². The Hall–Kier alpha value is -0.0400. The Morgan fingerprint density at radius 1 is 0.850 bits per heavy atom. The van der Waals surface area contributed by atoms with Crippen LogP contribution in [0.2, 0.25) is 0 Å². The second-order valence-electron chi connectivity index (χ2n) is 9.25. The summed E-state index contributed by atoms with van der Waals surface area (Å²) in [6, 6.07) is 0. The molecule has 2 unspecified atom stereocenters. The normalized spacial score (nSPS) is 46.0. The first-order valence-electron chi connectivity index (χ1n) is 9.22. The highest BCUT2D eigenvalue weighted by Gasteiger charge is 2.59. The van der Waals surface area contributed by atoms with E-state index in [-0.39, 0.29) is 0 Å². The monoisotopic (exact) mass is 277 g/mol. The molecule has 1 N–H and O–H groups in total. The third kappa shape index (κ3) is 2.93. The van der Waals surface area contributed by atoms with Gasteiger partial charge in [0.1, 0.15) is 0 Å². The highest BCUT2D eigenvalue weighted by Crippen LogP contribution is 2.66. The maximum atomic E-state index is 4.05. The predicted octanol–water partition coefficient (Wildman–Crippen LogP) is 5.30. The molecular formula is C19H35N. The van der Waals surface area contributed by atoms with Crippen LogP contribution in [0.15, 0.2) is 0 Å². The molecular weight excluding hydrogens is 242 g/mol. The van der Waals surface area contributed by atoms with Crippen molar-refractivity contribution in [2.24, 2.45) is 16.7 Å². The summed E-state index contributed by atoms with van der Waals surface area (Å²) in [6.07, 6.45) is 16.0. The van der Waals surface area contributed by atoms with E-state index in [1.54, 1.807) is 0 Å². The zero-order chi connectivity index (χ0) is 14.3. The van der Waals surface area contributed by atoms with Crippen LogP contribution in [0.1, 0.15) is 91.4 Å². The Morgan fingerprint density at radius 3 is 2.10 bits per heavy atom. The van der Waals surface area contributed by atoms with Crippen molar-refractivity contribution in [1.29, 1.82) is 0 Å². The van der Waals surface area contributed by atoms with Gasteiger partial charge in [-0.1, -0.05) is 46.5 Å². The molecule has 1 heteroatoms. The molecule has 1 nitrogen and oxygen atoms in total. The lowest BCUT2D eigenvalue weighted by molar-refractivity contribution is -0.117. The molecule has 4 aliphatic rings. The second-order valence-corrected chi connectivity index (χ2v) is 9.25. The summed E-state index contributed by atoms with van der Waals surface area (Å²) < 4.78 is 0. The summed E-state index contributed by atoms with van der Waals surface area (Å²) in [7, 11) is 0. The summed E-state index contributed by atoms with van der Waals surface area (Å²) >= 11 is 0. The van der Waals surface area contributed by atoms with E-state index in [2.05, 4.69) is 26.1 Å². The number of rotatable bonds is 7. The smallest absolute Gasteiger partial charge is 0.0194 e. The topological polar surface area (TPSA) is 12.0 Å². The number of hydrogen-bond acceptors (Lipinski definition) is 1. The average molecular weight is 277 g/mol. The molecule has 0 radical (unpaired) electrons. The van der Waals surface area contributed by atoms with Crippen molar-refractivity contribution in [3.05, 3.63) is 0 Å². The van der Waals surface area contributed by atoms with E-state index in [1.807, 2.05) is 0 Å². The lowest BCUT2D eigenvalue weighted by Gasteiger charge is -2.65. The fourth-order valence-electron chi connectivity index (χ4n) is 6.73. The highest BCUT2D eigenvalue weighted by atomic mass is 15.0. The molecule has 0 aliphatic heterocycles. The van der Waals surface area contributed by atoms with Crippen LogP contribution >= 0.6 is 0 Å². The van der Waals surface area contributed by atoms with Gasteiger partial charge >= 0.3 is 0 Å². The Labute approximate surface area is 126 Å². The molecule has 20 heavy (non-hydrogen) atoms. The molecule has 0 spiro atoms. The number of unbranched alkanes of at least 4 members (excludes halogenated alkanes) is 4. The lowest BCUT2D eigenvalue weighted by Crippen LogP contribution is -2.64. The third-order valence-electron chi connectivity index (χ3n) is 6.41. The fraction of sp³-hybridized carbons (Fsp3) is 1.00. The summed E-state index contributed by atoms with van der Waals surface area (Å²) in [6.45, 7) is 8.72. The number of nitrogens with one attached hydrogen (secondary N) is 1. The average Bonchev–Trinajstić information content (AvgIpc) is 2.29. The molecule has 2 atom stereocenters. The van der Waals surface area contributed by atoms with Crippen LogP contribution in [-0.4, -0.2) is 12.1 Å². The fourth-order valence-corrected chi connectivity index (χ4v) is 6.73. The highest BCUT2D eigenvalue weighted by molar-refractivity contribution is 5.14. The van der Waals surface area contributed by atoms with Crippen LogP contribution in [0.4, 0.5) is 0 Å². The first kappa shape index (κ1) is 14.9. The molecule has 4 bridgehead atoms. The molecule has 0 aromatic carbocycles. The van der Waals surface area contributed by atoms with E-state index in [0.29, 0.717) is 16.4 Å². The third-order valence-corrected chi connectivity index (χ3v) is 6.41. The Bertz CT molecular complexity index is 330. The second kappa shape index (κ2) is 5.30. The Balaban J connectivity index is 1.53. The van der Waals surface area contributed by atoms with Gasteiger partial charge < -0.3 is 5.32 Å². The van der Waals surface area contributed by atoms with Gasteiger partial charge in [0.2, 0.25) is 0 Å². The van der Waals surface area contributed by atoms with Gasteiger partial charge in [-0.05, 0) is 68.2 Å². The minimum absolute atomic E-state index is 0.522. The molecule has 0 aromatic heterocycles. The Morgan fingerprint density at radius 2 is 1.50 bits per heavy atom. The van der Waals surface area contributed by atoms with Crippen LogP contribution in [0.5, 0.6) is 0 Å². The van der Waals surface area contributed by atoms with Crippen LogP contribution in [-0.2, 0) is 0 Å². The van der Waals surface area contributed by atoms with Gasteiger partial charge in [-0.15, -0.1) is 0 Å². The summed E-state index contributed by atoms with van der Waals surface area (Å²) in [4.78, 5) is 0. The first-order valence-corrected chi connectivity index (χ1v) is 9.22. The van der Waals surface area contributed by atoms with Gasteiger partial charge in [0.25, 0.3) is 0 Å².